The first-order chi connectivity index (χ1) is 12.7. The number of hydrogen-bond donors (Lipinski definition) is 2. The van der Waals surface area contributed by atoms with Crippen molar-refractivity contribution in [3.05, 3.63) is 71.4 Å². The van der Waals surface area contributed by atoms with Crippen LogP contribution in [0.15, 0.2) is 59.7 Å². The van der Waals surface area contributed by atoms with Crippen molar-refractivity contribution in [2.45, 2.75) is 13.3 Å². The number of methoxy groups -OCH3 is 1. The number of carbonyl (C=O) groups excluding carboxylic acids is 1. The van der Waals surface area contributed by atoms with E-state index in [1.54, 1.807) is 19.4 Å². The third-order valence-electron chi connectivity index (χ3n) is 3.98. The van der Waals surface area contributed by atoms with Crippen LogP contribution < -0.4 is 10.2 Å². The molecule has 1 amide bonds. The Morgan fingerprint density at radius 1 is 1.19 bits per heavy atom. The number of benzene rings is 2. The molecule has 0 unspecified atom stereocenters. The van der Waals surface area contributed by atoms with Crippen molar-refractivity contribution in [1.82, 2.24) is 15.6 Å². The molecular formula is C20H20N4O2. The first kappa shape index (κ1) is 17.4. The molecule has 0 saturated heterocycles. The largest absolute Gasteiger partial charge is 0.497 e. The van der Waals surface area contributed by atoms with E-state index in [-0.39, 0.29) is 5.91 Å². The van der Waals surface area contributed by atoms with Crippen LogP contribution in [0.25, 0.3) is 11.3 Å². The fourth-order valence-electron chi connectivity index (χ4n) is 2.41. The molecule has 0 aliphatic rings. The van der Waals surface area contributed by atoms with Gasteiger partial charge in [0.2, 0.25) is 0 Å². The highest BCUT2D eigenvalue weighted by atomic mass is 16.5. The molecule has 0 radical (unpaired) electrons. The van der Waals surface area contributed by atoms with Gasteiger partial charge in [0.25, 0.3) is 5.91 Å². The van der Waals surface area contributed by atoms with Gasteiger partial charge < -0.3 is 4.74 Å². The lowest BCUT2D eigenvalue weighted by Gasteiger charge is -2.00. The van der Waals surface area contributed by atoms with E-state index in [1.165, 1.54) is 5.56 Å². The van der Waals surface area contributed by atoms with Gasteiger partial charge in [-0.05, 0) is 47.9 Å². The Morgan fingerprint density at radius 2 is 1.92 bits per heavy atom. The van der Waals surface area contributed by atoms with E-state index in [0.29, 0.717) is 11.4 Å². The van der Waals surface area contributed by atoms with Crippen molar-refractivity contribution < 1.29 is 9.53 Å². The fraction of sp³-hybridized carbons (Fsp3) is 0.150. The maximum atomic E-state index is 12.2. The minimum atomic E-state index is -0.348. The van der Waals surface area contributed by atoms with E-state index < -0.39 is 0 Å². The standard InChI is InChI=1S/C20H20N4O2/c1-3-14-4-6-15(7-5-14)13-21-24-20(25)19-12-18(22-23-19)16-8-10-17(26-2)11-9-16/h4-13H,3H2,1-2H3,(H,22,23)(H,24,25)/b21-13-. The number of aromatic nitrogens is 2. The average Bonchev–Trinajstić information content (AvgIpc) is 3.19. The van der Waals surface area contributed by atoms with E-state index in [1.807, 2.05) is 48.5 Å². The number of H-pyrrole nitrogens is 1. The zero-order valence-corrected chi connectivity index (χ0v) is 14.7. The van der Waals surface area contributed by atoms with Crippen LogP contribution in [0.5, 0.6) is 5.75 Å². The summed E-state index contributed by atoms with van der Waals surface area (Å²) < 4.78 is 5.13. The number of amides is 1. The number of aromatic amines is 1. The van der Waals surface area contributed by atoms with Crippen molar-refractivity contribution in [1.29, 1.82) is 0 Å². The smallest absolute Gasteiger partial charge is 0.289 e. The number of aryl methyl sites for hydroxylation is 1. The number of ether oxygens (including phenoxy) is 1. The van der Waals surface area contributed by atoms with Crippen LogP contribution in [0.1, 0.15) is 28.5 Å². The molecule has 0 saturated carbocycles. The molecule has 0 spiro atoms. The van der Waals surface area contributed by atoms with Crippen LogP contribution in [0.3, 0.4) is 0 Å². The van der Waals surface area contributed by atoms with E-state index >= 15 is 0 Å². The second-order valence-corrected chi connectivity index (χ2v) is 5.69. The number of nitrogens with zero attached hydrogens (tertiary/aromatic N) is 2. The molecule has 6 heteroatoms. The Labute approximate surface area is 151 Å². The van der Waals surface area contributed by atoms with Gasteiger partial charge in [0.15, 0.2) is 0 Å². The summed E-state index contributed by atoms with van der Waals surface area (Å²) in [4.78, 5) is 12.2. The van der Waals surface area contributed by atoms with Gasteiger partial charge in [-0.2, -0.15) is 10.2 Å². The lowest BCUT2D eigenvalue weighted by Crippen LogP contribution is -2.17. The minimum Gasteiger partial charge on any atom is -0.497 e. The molecule has 3 aromatic rings. The molecule has 0 aliphatic heterocycles. The van der Waals surface area contributed by atoms with E-state index in [0.717, 1.165) is 23.3 Å². The predicted molar refractivity (Wildman–Crippen MR) is 101 cm³/mol. The van der Waals surface area contributed by atoms with Crippen molar-refractivity contribution >= 4 is 12.1 Å². The molecular weight excluding hydrogens is 328 g/mol. The summed E-state index contributed by atoms with van der Waals surface area (Å²) in [6, 6.07) is 17.2. The summed E-state index contributed by atoms with van der Waals surface area (Å²) in [5, 5.41) is 10.9. The molecule has 3 rings (SSSR count). The van der Waals surface area contributed by atoms with Crippen molar-refractivity contribution in [2.75, 3.05) is 7.11 Å². The summed E-state index contributed by atoms with van der Waals surface area (Å²) in [7, 11) is 1.62. The number of hydrogen-bond acceptors (Lipinski definition) is 4. The second kappa shape index (κ2) is 8.11. The number of rotatable bonds is 6. The van der Waals surface area contributed by atoms with Gasteiger partial charge in [-0.25, -0.2) is 5.43 Å². The van der Waals surface area contributed by atoms with Gasteiger partial charge in [0.1, 0.15) is 11.4 Å². The maximum Gasteiger partial charge on any atom is 0.289 e. The molecule has 1 aromatic heterocycles. The predicted octanol–water partition coefficient (Wildman–Crippen LogP) is 3.41. The Bertz CT molecular complexity index is 896. The van der Waals surface area contributed by atoms with Crippen LogP contribution in [-0.4, -0.2) is 29.4 Å². The summed E-state index contributed by atoms with van der Waals surface area (Å²) in [5.41, 5.74) is 6.59. The first-order valence-electron chi connectivity index (χ1n) is 8.31. The zero-order chi connectivity index (χ0) is 18.4. The number of carbonyl (C=O) groups is 1. The van der Waals surface area contributed by atoms with Crippen molar-refractivity contribution in [2.24, 2.45) is 5.10 Å². The molecule has 0 fully saturated rings. The van der Waals surface area contributed by atoms with Crippen LogP contribution in [0.2, 0.25) is 0 Å². The molecule has 132 valence electrons. The monoisotopic (exact) mass is 348 g/mol. The molecule has 26 heavy (non-hydrogen) atoms. The maximum absolute atomic E-state index is 12.2. The molecule has 6 nitrogen and oxygen atoms in total. The van der Waals surface area contributed by atoms with E-state index in [4.69, 9.17) is 4.74 Å². The van der Waals surface area contributed by atoms with Gasteiger partial charge in [-0.3, -0.25) is 9.89 Å². The highest BCUT2D eigenvalue weighted by Gasteiger charge is 2.10. The lowest BCUT2D eigenvalue weighted by atomic mass is 10.1. The SMILES string of the molecule is CCc1ccc(/C=N\NC(=O)c2cc(-c3ccc(OC)cc3)n[nH]2)cc1. The van der Waals surface area contributed by atoms with Crippen LogP contribution >= 0.6 is 0 Å². The number of nitrogens with one attached hydrogen (secondary N) is 2. The molecule has 0 atom stereocenters. The summed E-state index contributed by atoms with van der Waals surface area (Å²) in [5.74, 6) is 0.419. The molecule has 2 aromatic carbocycles. The van der Waals surface area contributed by atoms with Crippen LogP contribution in [-0.2, 0) is 6.42 Å². The second-order valence-electron chi connectivity index (χ2n) is 5.69. The van der Waals surface area contributed by atoms with Crippen LogP contribution in [0, 0.1) is 0 Å². The van der Waals surface area contributed by atoms with Crippen molar-refractivity contribution in [3.8, 4) is 17.0 Å². The number of hydrazone groups is 1. The van der Waals surface area contributed by atoms with Gasteiger partial charge in [0.05, 0.1) is 19.0 Å². The highest BCUT2D eigenvalue weighted by Crippen LogP contribution is 2.21. The third-order valence-corrected chi connectivity index (χ3v) is 3.98. The quantitative estimate of drug-likeness (QED) is 0.529. The average molecular weight is 348 g/mol. The topological polar surface area (TPSA) is 79.4 Å². The molecule has 1 heterocycles. The molecule has 0 aliphatic carbocycles. The van der Waals surface area contributed by atoms with E-state index in [9.17, 15) is 4.79 Å². The Balaban J connectivity index is 1.62. The van der Waals surface area contributed by atoms with Gasteiger partial charge in [-0.15, -0.1) is 0 Å². The Kier molecular flexibility index (Phi) is 5.43. The van der Waals surface area contributed by atoms with Gasteiger partial charge >= 0.3 is 0 Å². The van der Waals surface area contributed by atoms with Crippen LogP contribution in [0.4, 0.5) is 0 Å². The molecule has 2 N–H and O–H groups in total. The normalized spacial score (nSPS) is 10.8. The minimum absolute atomic E-state index is 0.342. The summed E-state index contributed by atoms with van der Waals surface area (Å²) in [6.07, 6.45) is 2.60. The first-order valence-corrected chi connectivity index (χ1v) is 8.31. The third kappa shape index (κ3) is 4.16. The lowest BCUT2D eigenvalue weighted by molar-refractivity contribution is 0.0950. The van der Waals surface area contributed by atoms with E-state index in [2.05, 4.69) is 27.6 Å². The molecule has 0 bridgehead atoms. The Morgan fingerprint density at radius 3 is 2.58 bits per heavy atom. The zero-order valence-electron chi connectivity index (χ0n) is 14.7. The summed E-state index contributed by atoms with van der Waals surface area (Å²) >= 11 is 0. The fourth-order valence-corrected chi connectivity index (χ4v) is 2.41. The highest BCUT2D eigenvalue weighted by molar-refractivity contribution is 5.94. The Hall–Kier alpha value is -3.41. The summed E-state index contributed by atoms with van der Waals surface area (Å²) in [6.45, 7) is 2.11. The van der Waals surface area contributed by atoms with Gasteiger partial charge in [-0.1, -0.05) is 31.2 Å². The van der Waals surface area contributed by atoms with Gasteiger partial charge in [0, 0.05) is 5.56 Å². The van der Waals surface area contributed by atoms with Crippen molar-refractivity contribution in [3.63, 3.8) is 0 Å².